The Kier molecular flexibility index (Phi) is 4.23. The van der Waals surface area contributed by atoms with Gasteiger partial charge in [-0.3, -0.25) is 9.36 Å². The third kappa shape index (κ3) is 3.02. The molecule has 1 amide bonds. The molecule has 1 aliphatic heterocycles. The lowest BCUT2D eigenvalue weighted by Crippen LogP contribution is -2.34. The lowest BCUT2D eigenvalue weighted by atomic mass is 10.1. The molecule has 1 fully saturated rings. The highest BCUT2D eigenvalue weighted by Gasteiger charge is 2.26. The predicted octanol–water partition coefficient (Wildman–Crippen LogP) is 0.701. The first-order chi connectivity index (χ1) is 11.0. The van der Waals surface area contributed by atoms with E-state index in [1.165, 1.54) is 0 Å². The van der Waals surface area contributed by atoms with E-state index in [9.17, 15) is 9.90 Å². The molecule has 0 aliphatic carbocycles. The van der Waals surface area contributed by atoms with E-state index in [1.54, 1.807) is 0 Å². The Labute approximate surface area is 134 Å². The molecule has 0 radical (unpaired) electrons. The number of hydrogen-bond acceptors (Lipinski definition) is 5. The minimum absolute atomic E-state index is 0.0561. The van der Waals surface area contributed by atoms with E-state index in [0.717, 1.165) is 23.7 Å². The van der Waals surface area contributed by atoms with Gasteiger partial charge in [0.1, 0.15) is 5.76 Å². The van der Waals surface area contributed by atoms with Gasteiger partial charge in [0.15, 0.2) is 5.82 Å². The Morgan fingerprint density at radius 3 is 2.83 bits per heavy atom. The normalized spacial score (nSPS) is 20.9. The van der Waals surface area contributed by atoms with Crippen molar-refractivity contribution in [3.8, 4) is 5.82 Å². The number of rotatable bonds is 4. The maximum atomic E-state index is 12.5. The fourth-order valence-electron chi connectivity index (χ4n) is 3.05. The highest BCUT2D eigenvalue weighted by molar-refractivity contribution is 5.95. The van der Waals surface area contributed by atoms with Gasteiger partial charge in [-0.05, 0) is 26.8 Å². The number of aryl methyl sites for hydroxylation is 2. The molecule has 2 aromatic rings. The number of aliphatic hydroxyl groups is 1. The molecule has 1 saturated heterocycles. The van der Waals surface area contributed by atoms with Crippen LogP contribution in [0, 0.1) is 26.7 Å². The van der Waals surface area contributed by atoms with Gasteiger partial charge in [0.05, 0.1) is 11.7 Å². The zero-order valence-corrected chi connectivity index (χ0v) is 13.6. The zero-order valence-electron chi connectivity index (χ0n) is 13.6. The first-order valence-electron chi connectivity index (χ1n) is 7.77. The van der Waals surface area contributed by atoms with Crippen LogP contribution in [0.15, 0.2) is 16.7 Å². The molecule has 3 N–H and O–H groups in total. The molecule has 7 heteroatoms. The molecule has 0 spiro atoms. The van der Waals surface area contributed by atoms with Gasteiger partial charge in [-0.25, -0.2) is 0 Å². The summed E-state index contributed by atoms with van der Waals surface area (Å²) in [7, 11) is 0. The molecular weight excluding hydrogens is 296 g/mol. The van der Waals surface area contributed by atoms with Crippen molar-refractivity contribution in [1.29, 1.82) is 0 Å². The second-order valence-electron chi connectivity index (χ2n) is 6.11. The van der Waals surface area contributed by atoms with Crippen LogP contribution in [-0.4, -0.2) is 46.5 Å². The van der Waals surface area contributed by atoms with E-state index in [4.69, 9.17) is 4.52 Å². The second-order valence-corrected chi connectivity index (χ2v) is 6.11. The second kappa shape index (κ2) is 6.17. The smallest absolute Gasteiger partial charge is 0.253 e. The number of nitrogens with zero attached hydrogens (tertiary/aromatic N) is 2. The number of nitrogens with one attached hydrogen (secondary N) is 2. The molecule has 3 heterocycles. The van der Waals surface area contributed by atoms with Crippen molar-refractivity contribution in [1.82, 2.24) is 20.4 Å². The van der Waals surface area contributed by atoms with Gasteiger partial charge in [-0.15, -0.1) is 0 Å². The summed E-state index contributed by atoms with van der Waals surface area (Å²) in [5, 5.41) is 19.8. The van der Waals surface area contributed by atoms with E-state index < -0.39 is 6.10 Å². The van der Waals surface area contributed by atoms with Crippen LogP contribution in [0.5, 0.6) is 0 Å². The van der Waals surface area contributed by atoms with Crippen LogP contribution in [-0.2, 0) is 0 Å². The Hall–Kier alpha value is -2.12. The average molecular weight is 318 g/mol. The molecule has 23 heavy (non-hydrogen) atoms. The number of hydrogen-bond donors (Lipinski definition) is 3. The topological polar surface area (TPSA) is 92.3 Å². The minimum Gasteiger partial charge on any atom is -0.391 e. The first kappa shape index (κ1) is 15.8. The standard InChI is InChI=1S/C16H22N4O3/c1-9-4-13(11(3)20(9)15-5-10(2)23-19-15)16(22)18-7-12-6-17-8-14(12)21/h4-5,12,14,17,21H,6-8H2,1-3H3,(H,18,22). The lowest BCUT2D eigenvalue weighted by Gasteiger charge is -2.14. The quantitative estimate of drug-likeness (QED) is 0.772. The summed E-state index contributed by atoms with van der Waals surface area (Å²) in [6, 6.07) is 3.68. The number of aromatic nitrogens is 2. The summed E-state index contributed by atoms with van der Waals surface area (Å²) in [5.74, 6) is 1.32. The SMILES string of the molecule is Cc1cc(-n2c(C)cc(C(=O)NCC3CNCC3O)c2C)no1. The number of carbonyl (C=O) groups is 1. The Morgan fingerprint density at radius 2 is 2.22 bits per heavy atom. The van der Waals surface area contributed by atoms with E-state index in [-0.39, 0.29) is 11.8 Å². The largest absolute Gasteiger partial charge is 0.391 e. The van der Waals surface area contributed by atoms with Crippen molar-refractivity contribution in [3.05, 3.63) is 34.8 Å². The third-order valence-corrected chi connectivity index (χ3v) is 4.35. The molecule has 2 aromatic heterocycles. The van der Waals surface area contributed by atoms with E-state index >= 15 is 0 Å². The molecule has 0 saturated carbocycles. The van der Waals surface area contributed by atoms with E-state index in [1.807, 2.05) is 37.5 Å². The number of amides is 1. The lowest BCUT2D eigenvalue weighted by molar-refractivity contribution is 0.0926. The van der Waals surface area contributed by atoms with Gasteiger partial charge >= 0.3 is 0 Å². The number of carbonyl (C=O) groups excluding carboxylic acids is 1. The zero-order chi connectivity index (χ0) is 16.6. The highest BCUT2D eigenvalue weighted by atomic mass is 16.5. The van der Waals surface area contributed by atoms with Crippen molar-refractivity contribution >= 4 is 5.91 Å². The maximum Gasteiger partial charge on any atom is 0.253 e. The third-order valence-electron chi connectivity index (χ3n) is 4.35. The first-order valence-corrected chi connectivity index (χ1v) is 7.77. The maximum absolute atomic E-state index is 12.5. The summed E-state index contributed by atoms with van der Waals surface area (Å²) < 4.78 is 7.02. The van der Waals surface area contributed by atoms with Crippen LogP contribution < -0.4 is 10.6 Å². The molecule has 1 aliphatic rings. The fraction of sp³-hybridized carbons (Fsp3) is 0.500. The summed E-state index contributed by atoms with van der Waals surface area (Å²) in [5.41, 5.74) is 2.35. The molecule has 3 rings (SSSR count). The summed E-state index contributed by atoms with van der Waals surface area (Å²) in [4.78, 5) is 12.5. The van der Waals surface area contributed by atoms with Gasteiger partial charge in [-0.2, -0.15) is 0 Å². The van der Waals surface area contributed by atoms with Crippen LogP contribution in [0.1, 0.15) is 27.5 Å². The van der Waals surface area contributed by atoms with Gasteiger partial charge < -0.3 is 20.3 Å². The molecular formula is C16H22N4O3. The van der Waals surface area contributed by atoms with Crippen molar-refractivity contribution in [2.45, 2.75) is 26.9 Å². The Balaban J connectivity index is 1.76. The average Bonchev–Trinajstić information content (AvgIpc) is 3.17. The summed E-state index contributed by atoms with van der Waals surface area (Å²) in [6.45, 7) is 7.41. The van der Waals surface area contributed by atoms with Crippen LogP contribution in [0.2, 0.25) is 0 Å². The highest BCUT2D eigenvalue weighted by Crippen LogP contribution is 2.20. The predicted molar refractivity (Wildman–Crippen MR) is 84.7 cm³/mol. The summed E-state index contributed by atoms with van der Waals surface area (Å²) in [6.07, 6.45) is -0.402. The van der Waals surface area contributed by atoms with Gasteiger partial charge in [0, 0.05) is 43.0 Å². The van der Waals surface area contributed by atoms with Crippen molar-refractivity contribution < 1.29 is 14.4 Å². The number of aliphatic hydroxyl groups excluding tert-OH is 1. The molecule has 7 nitrogen and oxygen atoms in total. The van der Waals surface area contributed by atoms with Crippen LogP contribution in [0.25, 0.3) is 5.82 Å². The van der Waals surface area contributed by atoms with Crippen LogP contribution in [0.4, 0.5) is 0 Å². The molecule has 124 valence electrons. The molecule has 2 atom stereocenters. The van der Waals surface area contributed by atoms with Crippen LogP contribution in [0.3, 0.4) is 0 Å². The minimum atomic E-state index is -0.402. The van der Waals surface area contributed by atoms with Gasteiger partial charge in [-0.1, -0.05) is 5.16 Å². The van der Waals surface area contributed by atoms with Gasteiger partial charge in [0.2, 0.25) is 0 Å². The van der Waals surface area contributed by atoms with Crippen molar-refractivity contribution in [2.75, 3.05) is 19.6 Å². The van der Waals surface area contributed by atoms with Crippen molar-refractivity contribution in [2.24, 2.45) is 5.92 Å². The Morgan fingerprint density at radius 1 is 1.43 bits per heavy atom. The molecule has 2 unspecified atom stereocenters. The van der Waals surface area contributed by atoms with Gasteiger partial charge in [0.25, 0.3) is 5.91 Å². The molecule has 0 bridgehead atoms. The van der Waals surface area contributed by atoms with Crippen molar-refractivity contribution in [3.63, 3.8) is 0 Å². The van der Waals surface area contributed by atoms with E-state index in [2.05, 4.69) is 15.8 Å². The Bertz CT molecular complexity index is 719. The summed E-state index contributed by atoms with van der Waals surface area (Å²) >= 11 is 0. The van der Waals surface area contributed by atoms with E-state index in [0.29, 0.717) is 24.5 Å². The monoisotopic (exact) mass is 318 g/mol. The number of β-amino-alcohol motifs (C(OH)–C–C–N with tert-alkyl or cyclic N) is 1. The fourth-order valence-corrected chi connectivity index (χ4v) is 3.05. The molecule has 0 aromatic carbocycles. The van der Waals surface area contributed by atoms with Crippen LogP contribution >= 0.6 is 0 Å².